The molecule has 0 radical (unpaired) electrons. The molecule has 0 unspecified atom stereocenters. The van der Waals surface area contributed by atoms with Crippen LogP contribution in [0.1, 0.15) is 21.7 Å². The molecule has 3 aromatic heterocycles. The summed E-state index contributed by atoms with van der Waals surface area (Å²) in [4.78, 5) is 17.5. The van der Waals surface area contributed by atoms with Gasteiger partial charge in [-0.15, -0.1) is 0 Å². The number of aryl methyl sites for hydroxylation is 1. The number of benzene rings is 3. The summed E-state index contributed by atoms with van der Waals surface area (Å²) in [5.74, 6) is 1.24. The average molecular weight is 489 g/mol. The predicted molar refractivity (Wildman–Crippen MR) is 145 cm³/mol. The Bertz CT molecular complexity index is 1730. The highest BCUT2D eigenvalue weighted by atomic mass is 16.3. The zero-order valence-electron chi connectivity index (χ0n) is 20.1. The molecule has 6 rings (SSSR count). The Morgan fingerprint density at radius 1 is 0.973 bits per heavy atom. The van der Waals surface area contributed by atoms with Crippen LogP contribution in [-0.4, -0.2) is 20.5 Å². The molecule has 1 amide bonds. The Kier molecular flexibility index (Phi) is 5.63. The van der Waals surface area contributed by atoms with E-state index in [0.717, 1.165) is 44.8 Å². The maximum Gasteiger partial charge on any atom is 0.255 e. The summed E-state index contributed by atoms with van der Waals surface area (Å²) in [6.07, 6.45) is 1.74. The van der Waals surface area contributed by atoms with Crippen LogP contribution < -0.4 is 16.4 Å². The molecule has 0 aliphatic heterocycles. The van der Waals surface area contributed by atoms with Crippen molar-refractivity contribution in [2.75, 3.05) is 10.6 Å². The van der Waals surface area contributed by atoms with Crippen LogP contribution in [0.2, 0.25) is 0 Å². The van der Waals surface area contributed by atoms with Crippen LogP contribution in [-0.2, 0) is 6.54 Å². The summed E-state index contributed by atoms with van der Waals surface area (Å²) < 4.78 is 7.72. The normalized spacial score (nSPS) is 11.2. The molecule has 37 heavy (non-hydrogen) atoms. The average Bonchev–Trinajstić information content (AvgIpc) is 3.55. The highest BCUT2D eigenvalue weighted by Gasteiger charge is 2.14. The first-order chi connectivity index (χ1) is 18.1. The SMILES string of the molecule is Cc1cc2cccc(-c3cc4ccnn4c(Nc4ccc(NC(=O)c5ccc(CN)cc5)cc4)n3)c2o1. The van der Waals surface area contributed by atoms with Gasteiger partial charge in [0.25, 0.3) is 5.91 Å². The quantitative estimate of drug-likeness (QED) is 0.269. The van der Waals surface area contributed by atoms with Gasteiger partial charge < -0.3 is 20.8 Å². The van der Waals surface area contributed by atoms with Gasteiger partial charge in [-0.25, -0.2) is 9.50 Å². The van der Waals surface area contributed by atoms with E-state index in [1.54, 1.807) is 22.8 Å². The minimum absolute atomic E-state index is 0.181. The number of fused-ring (bicyclic) bond motifs is 2. The monoisotopic (exact) mass is 488 g/mol. The third kappa shape index (κ3) is 4.41. The van der Waals surface area contributed by atoms with Gasteiger partial charge in [0.05, 0.1) is 17.4 Å². The molecule has 3 aromatic carbocycles. The number of amides is 1. The minimum Gasteiger partial charge on any atom is -0.461 e. The van der Waals surface area contributed by atoms with Gasteiger partial charge in [0, 0.05) is 34.4 Å². The third-order valence-electron chi connectivity index (χ3n) is 6.18. The van der Waals surface area contributed by atoms with E-state index in [9.17, 15) is 4.79 Å². The number of para-hydroxylation sites is 1. The summed E-state index contributed by atoms with van der Waals surface area (Å²) in [5, 5.41) is 11.7. The summed E-state index contributed by atoms with van der Waals surface area (Å²) >= 11 is 0. The number of rotatable bonds is 6. The lowest BCUT2D eigenvalue weighted by atomic mass is 10.1. The van der Waals surface area contributed by atoms with Gasteiger partial charge in [0.2, 0.25) is 5.95 Å². The van der Waals surface area contributed by atoms with E-state index in [2.05, 4.69) is 15.7 Å². The van der Waals surface area contributed by atoms with Crippen LogP contribution in [0.25, 0.3) is 27.7 Å². The smallest absolute Gasteiger partial charge is 0.255 e. The Morgan fingerprint density at radius 2 is 1.76 bits per heavy atom. The lowest BCUT2D eigenvalue weighted by molar-refractivity contribution is 0.102. The first-order valence-electron chi connectivity index (χ1n) is 11.9. The van der Waals surface area contributed by atoms with Crippen molar-refractivity contribution in [3.05, 3.63) is 108 Å². The molecule has 6 aromatic rings. The number of carbonyl (C=O) groups is 1. The number of aromatic nitrogens is 3. The molecular formula is C29H24N6O2. The van der Waals surface area contributed by atoms with Crippen LogP contribution in [0.4, 0.5) is 17.3 Å². The van der Waals surface area contributed by atoms with Gasteiger partial charge in [0.1, 0.15) is 11.3 Å². The standard InChI is InChI=1S/C29H24N6O2/c1-18-15-21-3-2-4-25(27(21)37-18)26-16-24-13-14-31-35(24)29(34-26)33-23-11-9-22(10-12-23)32-28(36)20-7-5-19(17-30)6-8-20/h2-16H,17,30H2,1H3,(H,32,36)(H,33,34). The van der Waals surface area contributed by atoms with Crippen LogP contribution in [0.3, 0.4) is 0 Å². The second-order valence-electron chi connectivity index (χ2n) is 8.77. The second-order valence-corrected chi connectivity index (χ2v) is 8.77. The fourth-order valence-corrected chi connectivity index (χ4v) is 4.31. The molecule has 0 spiro atoms. The highest BCUT2D eigenvalue weighted by Crippen LogP contribution is 2.32. The van der Waals surface area contributed by atoms with Crippen LogP contribution in [0, 0.1) is 6.92 Å². The first kappa shape index (κ1) is 22.5. The molecule has 3 heterocycles. The number of anilines is 3. The van der Waals surface area contributed by atoms with E-state index in [4.69, 9.17) is 15.1 Å². The van der Waals surface area contributed by atoms with Gasteiger partial charge in [-0.2, -0.15) is 5.10 Å². The molecule has 8 heteroatoms. The Labute approximate surface area is 212 Å². The highest BCUT2D eigenvalue weighted by molar-refractivity contribution is 6.04. The lowest BCUT2D eigenvalue weighted by Crippen LogP contribution is -2.12. The van der Waals surface area contributed by atoms with Crippen molar-refractivity contribution in [2.24, 2.45) is 5.73 Å². The molecule has 8 nitrogen and oxygen atoms in total. The number of nitrogens with two attached hydrogens (primary N) is 1. The molecule has 0 saturated carbocycles. The van der Waals surface area contributed by atoms with Crippen molar-refractivity contribution >= 4 is 39.7 Å². The molecule has 182 valence electrons. The van der Waals surface area contributed by atoms with Gasteiger partial charge in [0.15, 0.2) is 0 Å². The summed E-state index contributed by atoms with van der Waals surface area (Å²) in [7, 11) is 0. The minimum atomic E-state index is -0.181. The third-order valence-corrected chi connectivity index (χ3v) is 6.18. The van der Waals surface area contributed by atoms with Crippen LogP contribution in [0.5, 0.6) is 0 Å². The molecule has 0 saturated heterocycles. The van der Waals surface area contributed by atoms with E-state index in [0.29, 0.717) is 23.7 Å². The number of hydrogen-bond acceptors (Lipinski definition) is 6. The van der Waals surface area contributed by atoms with E-state index in [-0.39, 0.29) is 5.91 Å². The Balaban J connectivity index is 1.26. The number of carbonyl (C=O) groups excluding carboxylic acids is 1. The second kappa shape index (κ2) is 9.25. The van der Waals surface area contributed by atoms with Gasteiger partial charge >= 0.3 is 0 Å². The van der Waals surface area contributed by atoms with Crippen molar-refractivity contribution in [3.8, 4) is 11.3 Å². The zero-order valence-corrected chi connectivity index (χ0v) is 20.1. The molecule has 0 fully saturated rings. The maximum absolute atomic E-state index is 12.6. The van der Waals surface area contributed by atoms with Gasteiger partial charge in [-0.1, -0.05) is 24.3 Å². The number of hydrogen-bond donors (Lipinski definition) is 3. The van der Waals surface area contributed by atoms with Gasteiger partial charge in [-0.05, 0) is 73.2 Å². The lowest BCUT2D eigenvalue weighted by Gasteiger charge is -2.11. The molecule has 4 N–H and O–H groups in total. The van der Waals surface area contributed by atoms with Crippen molar-refractivity contribution in [2.45, 2.75) is 13.5 Å². The van der Waals surface area contributed by atoms with Crippen molar-refractivity contribution in [1.82, 2.24) is 14.6 Å². The van der Waals surface area contributed by atoms with Crippen LogP contribution in [0.15, 0.2) is 95.5 Å². The largest absolute Gasteiger partial charge is 0.461 e. The van der Waals surface area contributed by atoms with Crippen LogP contribution >= 0.6 is 0 Å². The fourth-order valence-electron chi connectivity index (χ4n) is 4.31. The number of furan rings is 1. The predicted octanol–water partition coefficient (Wildman–Crippen LogP) is 5.91. The van der Waals surface area contributed by atoms with Crippen molar-refractivity contribution in [1.29, 1.82) is 0 Å². The molecule has 0 bridgehead atoms. The summed E-state index contributed by atoms with van der Waals surface area (Å²) in [6, 6.07) is 26.7. The topological polar surface area (TPSA) is 110 Å². The van der Waals surface area contributed by atoms with Crippen molar-refractivity contribution < 1.29 is 9.21 Å². The molecule has 0 atom stereocenters. The summed E-state index contributed by atoms with van der Waals surface area (Å²) in [5.41, 5.74) is 12.1. The van der Waals surface area contributed by atoms with Crippen molar-refractivity contribution in [3.63, 3.8) is 0 Å². The Hall–Kier alpha value is -4.95. The number of nitrogens with zero attached hydrogens (tertiary/aromatic N) is 3. The number of nitrogens with one attached hydrogen (secondary N) is 2. The molecule has 0 aliphatic rings. The van der Waals surface area contributed by atoms with E-state index in [1.807, 2.05) is 79.7 Å². The summed E-state index contributed by atoms with van der Waals surface area (Å²) in [6.45, 7) is 2.38. The van der Waals surface area contributed by atoms with E-state index < -0.39 is 0 Å². The van der Waals surface area contributed by atoms with E-state index >= 15 is 0 Å². The zero-order chi connectivity index (χ0) is 25.4. The molecular weight excluding hydrogens is 464 g/mol. The van der Waals surface area contributed by atoms with Gasteiger partial charge in [-0.3, -0.25) is 4.79 Å². The Morgan fingerprint density at radius 3 is 2.54 bits per heavy atom. The van der Waals surface area contributed by atoms with E-state index in [1.165, 1.54) is 0 Å². The maximum atomic E-state index is 12.6. The molecule has 0 aliphatic carbocycles. The first-order valence-corrected chi connectivity index (χ1v) is 11.9. The fraction of sp³-hybridized carbons (Fsp3) is 0.0690.